The number of unbranched alkanes of at least 4 members (excludes halogenated alkanes) is 1. The van der Waals surface area contributed by atoms with E-state index in [1.807, 2.05) is 12.1 Å². The van der Waals surface area contributed by atoms with Crippen molar-refractivity contribution >= 4 is 70.9 Å². The molecule has 0 aliphatic heterocycles. The molecule has 2 aromatic carbocycles. The van der Waals surface area contributed by atoms with E-state index < -0.39 is 5.97 Å². The molecule has 0 radical (unpaired) electrons. The third-order valence-electron chi connectivity index (χ3n) is 5.02. The molecular weight excluding hydrogens is 662 g/mol. The van der Waals surface area contributed by atoms with E-state index in [4.69, 9.17) is 19.2 Å². The fraction of sp³-hybridized carbons (Fsp3) is 0.360. The van der Waals surface area contributed by atoms with Crippen molar-refractivity contribution in [1.29, 1.82) is 0 Å². The van der Waals surface area contributed by atoms with E-state index in [0.717, 1.165) is 17.3 Å². The maximum atomic E-state index is 13.3. The van der Waals surface area contributed by atoms with Gasteiger partial charge in [-0.3, -0.25) is 4.79 Å². The number of halogens is 3. The standard InChI is InChI=1S/C25H26Br3N3O5/c1-5-6-7-20-30-18-9-8-16(26)11-17(18)25(33)31(20)29-12-15-10-19(34-4)24(23(28)22(15)27)35-13-21(32)36-14(2)3/h8-12,14H,5-7,13H2,1-4H3. The second-order valence-corrected chi connectivity index (χ2v) is 10.6. The molecule has 0 N–H and O–H groups in total. The Hall–Kier alpha value is -2.24. The maximum absolute atomic E-state index is 13.3. The van der Waals surface area contributed by atoms with Crippen LogP contribution in [-0.4, -0.2) is 41.7 Å². The summed E-state index contributed by atoms with van der Waals surface area (Å²) in [7, 11) is 1.49. The number of aryl methyl sites for hydroxylation is 1. The van der Waals surface area contributed by atoms with Crippen LogP contribution in [0.3, 0.4) is 0 Å². The Labute approximate surface area is 234 Å². The molecule has 8 nitrogen and oxygen atoms in total. The average molecular weight is 688 g/mol. The number of hydrogen-bond donors (Lipinski definition) is 0. The summed E-state index contributed by atoms with van der Waals surface area (Å²) >= 11 is 10.5. The van der Waals surface area contributed by atoms with Gasteiger partial charge in [-0.1, -0.05) is 29.3 Å². The molecule has 1 aromatic heterocycles. The highest BCUT2D eigenvalue weighted by Gasteiger charge is 2.19. The lowest BCUT2D eigenvalue weighted by molar-refractivity contribution is -0.149. The Morgan fingerprint density at radius 2 is 1.94 bits per heavy atom. The third kappa shape index (κ3) is 6.74. The number of aromatic nitrogens is 2. The Kier molecular flexibility index (Phi) is 10.1. The van der Waals surface area contributed by atoms with Gasteiger partial charge in [-0.05, 0) is 76.4 Å². The molecule has 3 aromatic rings. The van der Waals surface area contributed by atoms with Crippen LogP contribution in [0.1, 0.15) is 45.0 Å². The SMILES string of the molecule is CCCCc1nc2ccc(Br)cc2c(=O)n1N=Cc1cc(OC)c(OCC(=O)OC(C)C)c(Br)c1Br. The van der Waals surface area contributed by atoms with E-state index >= 15 is 0 Å². The van der Waals surface area contributed by atoms with Gasteiger partial charge in [0, 0.05) is 20.9 Å². The normalized spacial score (nSPS) is 11.4. The van der Waals surface area contributed by atoms with Gasteiger partial charge < -0.3 is 14.2 Å². The Morgan fingerprint density at radius 3 is 2.61 bits per heavy atom. The van der Waals surface area contributed by atoms with Gasteiger partial charge in [0.1, 0.15) is 5.82 Å². The van der Waals surface area contributed by atoms with Crippen molar-refractivity contribution in [3.05, 3.63) is 59.4 Å². The fourth-order valence-corrected chi connectivity index (χ4v) is 4.64. The largest absolute Gasteiger partial charge is 0.493 e. The van der Waals surface area contributed by atoms with Crippen LogP contribution in [0.5, 0.6) is 11.5 Å². The van der Waals surface area contributed by atoms with Gasteiger partial charge >= 0.3 is 5.97 Å². The lowest BCUT2D eigenvalue weighted by Gasteiger charge is -2.15. The summed E-state index contributed by atoms with van der Waals surface area (Å²) in [5, 5.41) is 4.97. The van der Waals surface area contributed by atoms with Crippen LogP contribution in [0.2, 0.25) is 0 Å². The van der Waals surface area contributed by atoms with Gasteiger partial charge in [0.15, 0.2) is 18.1 Å². The molecule has 0 fully saturated rings. The predicted octanol–water partition coefficient (Wildman–Crippen LogP) is 6.25. The first-order chi connectivity index (χ1) is 17.2. The van der Waals surface area contributed by atoms with Crippen LogP contribution in [0.25, 0.3) is 10.9 Å². The molecule has 0 aliphatic rings. The fourth-order valence-electron chi connectivity index (χ4n) is 3.34. The summed E-state index contributed by atoms with van der Waals surface area (Å²) in [6.07, 6.45) is 3.75. The van der Waals surface area contributed by atoms with Gasteiger partial charge in [-0.25, -0.2) is 9.78 Å². The summed E-state index contributed by atoms with van der Waals surface area (Å²) in [6.45, 7) is 5.34. The first-order valence-electron chi connectivity index (χ1n) is 11.3. The van der Waals surface area contributed by atoms with E-state index in [1.54, 1.807) is 32.2 Å². The maximum Gasteiger partial charge on any atom is 0.344 e. The zero-order valence-corrected chi connectivity index (χ0v) is 25.1. The number of esters is 1. The van der Waals surface area contributed by atoms with E-state index in [9.17, 15) is 9.59 Å². The predicted molar refractivity (Wildman–Crippen MR) is 150 cm³/mol. The smallest absolute Gasteiger partial charge is 0.344 e. The first kappa shape index (κ1) is 28.3. The Balaban J connectivity index is 2.02. The Bertz CT molecular complexity index is 1360. The molecule has 0 saturated heterocycles. The van der Waals surface area contributed by atoms with Crippen molar-refractivity contribution in [2.45, 2.75) is 46.1 Å². The summed E-state index contributed by atoms with van der Waals surface area (Å²) < 4.78 is 19.5. The van der Waals surface area contributed by atoms with Crippen LogP contribution in [0, 0.1) is 0 Å². The first-order valence-corrected chi connectivity index (χ1v) is 13.7. The highest BCUT2D eigenvalue weighted by molar-refractivity contribution is 9.13. The summed E-state index contributed by atoms with van der Waals surface area (Å²) in [4.78, 5) is 29.9. The molecule has 0 saturated carbocycles. The molecule has 0 bridgehead atoms. The van der Waals surface area contributed by atoms with Crippen LogP contribution in [0.15, 0.2) is 47.6 Å². The number of methoxy groups -OCH3 is 1. The lowest BCUT2D eigenvalue weighted by Crippen LogP contribution is -2.22. The number of carbonyl (C=O) groups is 1. The average Bonchev–Trinajstić information content (AvgIpc) is 2.83. The van der Waals surface area contributed by atoms with Gasteiger partial charge in [0.05, 0.1) is 34.8 Å². The van der Waals surface area contributed by atoms with Crippen LogP contribution in [0.4, 0.5) is 0 Å². The highest BCUT2D eigenvalue weighted by Crippen LogP contribution is 2.42. The van der Waals surface area contributed by atoms with E-state index in [-0.39, 0.29) is 18.3 Å². The topological polar surface area (TPSA) is 92.0 Å². The lowest BCUT2D eigenvalue weighted by atomic mass is 10.2. The van der Waals surface area contributed by atoms with E-state index in [2.05, 4.69) is 59.8 Å². The number of hydrogen-bond acceptors (Lipinski definition) is 7. The zero-order chi connectivity index (χ0) is 26.4. The third-order valence-corrected chi connectivity index (χ3v) is 7.66. The van der Waals surface area contributed by atoms with Crippen LogP contribution < -0.4 is 15.0 Å². The number of fused-ring (bicyclic) bond motifs is 1. The van der Waals surface area contributed by atoms with Crippen molar-refractivity contribution in [1.82, 2.24) is 9.66 Å². The summed E-state index contributed by atoms with van der Waals surface area (Å²) in [5.74, 6) is 0.803. The molecule has 11 heteroatoms. The van der Waals surface area contributed by atoms with Crippen molar-refractivity contribution in [2.75, 3.05) is 13.7 Å². The number of ether oxygens (including phenoxy) is 3. The van der Waals surface area contributed by atoms with E-state index in [0.29, 0.717) is 49.2 Å². The minimum Gasteiger partial charge on any atom is -0.493 e. The van der Waals surface area contributed by atoms with Gasteiger partial charge in [0.25, 0.3) is 5.56 Å². The number of rotatable bonds is 10. The Morgan fingerprint density at radius 1 is 1.19 bits per heavy atom. The molecular formula is C25H26Br3N3O5. The summed E-state index contributed by atoms with van der Waals surface area (Å²) in [6, 6.07) is 7.12. The molecule has 3 rings (SSSR count). The highest BCUT2D eigenvalue weighted by atomic mass is 79.9. The number of carbonyl (C=O) groups excluding carboxylic acids is 1. The molecule has 0 amide bonds. The van der Waals surface area contributed by atoms with Crippen molar-refractivity contribution in [3.63, 3.8) is 0 Å². The molecule has 0 spiro atoms. The molecule has 36 heavy (non-hydrogen) atoms. The van der Waals surface area contributed by atoms with Crippen molar-refractivity contribution < 1.29 is 19.0 Å². The summed E-state index contributed by atoms with van der Waals surface area (Å²) in [5.41, 5.74) is 0.997. The number of nitrogens with zero attached hydrogens (tertiary/aromatic N) is 3. The van der Waals surface area contributed by atoms with Gasteiger partial charge in [0.2, 0.25) is 0 Å². The van der Waals surface area contributed by atoms with Crippen molar-refractivity contribution in [3.8, 4) is 11.5 Å². The second-order valence-electron chi connectivity index (χ2n) is 8.11. The van der Waals surface area contributed by atoms with Crippen LogP contribution >= 0.6 is 47.8 Å². The zero-order valence-electron chi connectivity index (χ0n) is 20.3. The minimum atomic E-state index is -0.491. The van der Waals surface area contributed by atoms with E-state index in [1.165, 1.54) is 11.8 Å². The van der Waals surface area contributed by atoms with Crippen molar-refractivity contribution in [2.24, 2.45) is 5.10 Å². The van der Waals surface area contributed by atoms with Gasteiger partial charge in [-0.15, -0.1) is 0 Å². The molecule has 0 atom stereocenters. The van der Waals surface area contributed by atoms with Gasteiger partial charge in [-0.2, -0.15) is 9.78 Å². The monoisotopic (exact) mass is 685 g/mol. The second kappa shape index (κ2) is 12.8. The molecule has 0 aliphatic carbocycles. The van der Waals surface area contributed by atoms with Crippen LogP contribution in [-0.2, 0) is 16.0 Å². The number of benzene rings is 2. The molecule has 192 valence electrons. The quantitative estimate of drug-likeness (QED) is 0.185. The minimum absolute atomic E-state index is 0.243. The molecule has 0 unspecified atom stereocenters. The molecule has 1 heterocycles.